The lowest BCUT2D eigenvalue weighted by Crippen LogP contribution is -2.07. The van der Waals surface area contributed by atoms with Gasteiger partial charge in [-0.3, -0.25) is 0 Å². The third-order valence-corrected chi connectivity index (χ3v) is 3.32. The molecular weight excluding hydrogens is 243 g/mol. The van der Waals surface area contributed by atoms with Crippen LogP contribution in [0.4, 0.5) is 13.2 Å². The number of halogens is 3. The molecule has 2 aromatic heterocycles. The Balaban J connectivity index is 2.01. The molecular formula is C12H12F3N3. The average Bonchev–Trinajstić information content (AvgIpc) is 2.95. The van der Waals surface area contributed by atoms with E-state index in [9.17, 15) is 13.2 Å². The molecule has 0 bridgehead atoms. The topological polar surface area (TPSA) is 40.7 Å². The number of alkyl halides is 3. The van der Waals surface area contributed by atoms with Crippen molar-refractivity contribution in [2.75, 3.05) is 13.1 Å². The molecule has 1 aliphatic rings. The lowest BCUT2D eigenvalue weighted by Gasteiger charge is -2.04. The highest BCUT2D eigenvalue weighted by molar-refractivity contribution is 5.77. The first-order valence-corrected chi connectivity index (χ1v) is 5.80. The van der Waals surface area contributed by atoms with Gasteiger partial charge in [-0.2, -0.15) is 13.2 Å². The molecule has 0 radical (unpaired) electrons. The number of aromatic amines is 1. The Morgan fingerprint density at radius 3 is 2.78 bits per heavy atom. The van der Waals surface area contributed by atoms with Gasteiger partial charge in [-0.05, 0) is 25.1 Å². The number of fused-ring (bicyclic) bond motifs is 1. The molecule has 3 heterocycles. The van der Waals surface area contributed by atoms with E-state index in [0.717, 1.165) is 37.5 Å². The summed E-state index contributed by atoms with van der Waals surface area (Å²) in [5, 5.41) is 3.75. The summed E-state index contributed by atoms with van der Waals surface area (Å²) >= 11 is 0. The third-order valence-electron chi connectivity index (χ3n) is 3.32. The van der Waals surface area contributed by atoms with E-state index in [4.69, 9.17) is 0 Å². The molecule has 0 amide bonds. The summed E-state index contributed by atoms with van der Waals surface area (Å²) in [6, 6.07) is 2.92. The van der Waals surface area contributed by atoms with Crippen molar-refractivity contribution >= 4 is 11.0 Å². The first-order valence-electron chi connectivity index (χ1n) is 5.80. The molecule has 0 aromatic carbocycles. The molecule has 2 aromatic rings. The zero-order valence-corrected chi connectivity index (χ0v) is 9.51. The molecule has 1 aliphatic heterocycles. The van der Waals surface area contributed by atoms with E-state index in [1.165, 1.54) is 0 Å². The number of hydrogen-bond donors (Lipinski definition) is 2. The first kappa shape index (κ1) is 11.5. The number of pyridine rings is 1. The second-order valence-electron chi connectivity index (χ2n) is 4.57. The van der Waals surface area contributed by atoms with Gasteiger partial charge >= 0.3 is 6.18 Å². The fourth-order valence-corrected chi connectivity index (χ4v) is 2.33. The van der Waals surface area contributed by atoms with Gasteiger partial charge < -0.3 is 10.3 Å². The van der Waals surface area contributed by atoms with E-state index in [2.05, 4.69) is 15.3 Å². The van der Waals surface area contributed by atoms with E-state index >= 15 is 0 Å². The summed E-state index contributed by atoms with van der Waals surface area (Å²) in [6.07, 6.45) is -2.47. The minimum absolute atomic E-state index is 0.341. The number of hydrogen-bond acceptors (Lipinski definition) is 2. The highest BCUT2D eigenvalue weighted by Gasteiger charge is 2.31. The lowest BCUT2D eigenvalue weighted by atomic mass is 10.1. The predicted molar refractivity (Wildman–Crippen MR) is 61.3 cm³/mol. The Bertz CT molecular complexity index is 567. The minimum Gasteiger partial charge on any atom is -0.343 e. The van der Waals surface area contributed by atoms with Crippen LogP contribution in [0.3, 0.4) is 0 Å². The zero-order chi connectivity index (χ0) is 12.8. The van der Waals surface area contributed by atoms with Gasteiger partial charge in [0.1, 0.15) is 5.65 Å². The van der Waals surface area contributed by atoms with Crippen molar-refractivity contribution in [3.05, 3.63) is 29.6 Å². The standard InChI is InChI=1S/C12H12F3N3/c13-12(14,15)9-3-8-4-10(7-1-2-16-5-7)18-11(8)17-6-9/h3-4,6-7,16H,1-2,5H2,(H,17,18). The summed E-state index contributed by atoms with van der Waals surface area (Å²) in [6.45, 7) is 1.81. The number of H-pyrrole nitrogens is 1. The van der Waals surface area contributed by atoms with Crippen molar-refractivity contribution in [3.63, 3.8) is 0 Å². The number of nitrogens with zero attached hydrogens (tertiary/aromatic N) is 1. The third kappa shape index (κ3) is 1.96. The molecule has 1 saturated heterocycles. The number of rotatable bonds is 1. The summed E-state index contributed by atoms with van der Waals surface area (Å²) < 4.78 is 37.7. The molecule has 0 aliphatic carbocycles. The summed E-state index contributed by atoms with van der Waals surface area (Å²) in [7, 11) is 0. The van der Waals surface area contributed by atoms with E-state index in [0.29, 0.717) is 17.0 Å². The van der Waals surface area contributed by atoms with Gasteiger partial charge in [0.25, 0.3) is 0 Å². The fraction of sp³-hybridized carbons (Fsp3) is 0.417. The maximum absolute atomic E-state index is 12.6. The smallest absolute Gasteiger partial charge is 0.343 e. The van der Waals surface area contributed by atoms with Crippen LogP contribution >= 0.6 is 0 Å². The van der Waals surface area contributed by atoms with Gasteiger partial charge in [0.15, 0.2) is 0 Å². The molecule has 0 saturated carbocycles. The van der Waals surface area contributed by atoms with Gasteiger partial charge in [-0.25, -0.2) is 4.98 Å². The van der Waals surface area contributed by atoms with Gasteiger partial charge in [0.05, 0.1) is 5.56 Å². The first-order chi connectivity index (χ1) is 8.54. The van der Waals surface area contributed by atoms with Crippen LogP contribution in [-0.2, 0) is 6.18 Å². The van der Waals surface area contributed by atoms with Crippen LogP contribution in [0.2, 0.25) is 0 Å². The highest BCUT2D eigenvalue weighted by Crippen LogP contribution is 2.31. The maximum Gasteiger partial charge on any atom is 0.417 e. The Morgan fingerprint density at radius 1 is 1.28 bits per heavy atom. The van der Waals surface area contributed by atoms with Crippen molar-refractivity contribution in [2.45, 2.75) is 18.5 Å². The molecule has 18 heavy (non-hydrogen) atoms. The Morgan fingerprint density at radius 2 is 2.11 bits per heavy atom. The van der Waals surface area contributed by atoms with Crippen LogP contribution < -0.4 is 5.32 Å². The van der Waals surface area contributed by atoms with Crippen LogP contribution in [0, 0.1) is 0 Å². The van der Waals surface area contributed by atoms with Gasteiger partial charge in [-0.1, -0.05) is 0 Å². The van der Waals surface area contributed by atoms with E-state index in [1.54, 1.807) is 6.07 Å². The van der Waals surface area contributed by atoms with E-state index in [-0.39, 0.29) is 0 Å². The molecule has 0 spiro atoms. The second kappa shape index (κ2) is 3.98. The Hall–Kier alpha value is -1.56. The van der Waals surface area contributed by atoms with Crippen molar-refractivity contribution in [1.29, 1.82) is 0 Å². The molecule has 1 unspecified atom stereocenters. The second-order valence-corrected chi connectivity index (χ2v) is 4.57. The highest BCUT2D eigenvalue weighted by atomic mass is 19.4. The van der Waals surface area contributed by atoms with Crippen LogP contribution in [0.1, 0.15) is 23.6 Å². The normalized spacial score (nSPS) is 20.7. The molecule has 1 fully saturated rings. The summed E-state index contributed by atoms with van der Waals surface area (Å²) in [4.78, 5) is 6.94. The Kier molecular flexibility index (Phi) is 2.55. The zero-order valence-electron chi connectivity index (χ0n) is 9.51. The van der Waals surface area contributed by atoms with E-state index in [1.807, 2.05) is 0 Å². The SMILES string of the molecule is FC(F)(F)c1cnc2[nH]c(C3CCNC3)cc2c1. The van der Waals surface area contributed by atoms with Crippen molar-refractivity contribution in [1.82, 2.24) is 15.3 Å². The molecule has 96 valence electrons. The quantitative estimate of drug-likeness (QED) is 0.822. The Labute approximate surface area is 101 Å². The van der Waals surface area contributed by atoms with Crippen LogP contribution in [0.15, 0.2) is 18.3 Å². The predicted octanol–water partition coefficient (Wildman–Crippen LogP) is 2.66. The van der Waals surface area contributed by atoms with Gasteiger partial charge in [0.2, 0.25) is 0 Å². The number of aromatic nitrogens is 2. The fourth-order valence-electron chi connectivity index (χ4n) is 2.33. The van der Waals surface area contributed by atoms with Crippen molar-refractivity contribution < 1.29 is 13.2 Å². The van der Waals surface area contributed by atoms with Crippen molar-refractivity contribution in [3.8, 4) is 0 Å². The molecule has 6 heteroatoms. The van der Waals surface area contributed by atoms with Crippen LogP contribution in [0.5, 0.6) is 0 Å². The van der Waals surface area contributed by atoms with E-state index < -0.39 is 11.7 Å². The van der Waals surface area contributed by atoms with Crippen LogP contribution in [-0.4, -0.2) is 23.1 Å². The minimum atomic E-state index is -4.34. The number of nitrogens with one attached hydrogen (secondary N) is 2. The van der Waals surface area contributed by atoms with Gasteiger partial charge in [-0.15, -0.1) is 0 Å². The molecule has 1 atom stereocenters. The molecule has 3 rings (SSSR count). The molecule has 3 nitrogen and oxygen atoms in total. The van der Waals surface area contributed by atoms with Crippen molar-refractivity contribution in [2.24, 2.45) is 0 Å². The average molecular weight is 255 g/mol. The van der Waals surface area contributed by atoms with Gasteiger partial charge in [0, 0.05) is 29.7 Å². The molecule has 2 N–H and O–H groups in total. The maximum atomic E-state index is 12.6. The summed E-state index contributed by atoms with van der Waals surface area (Å²) in [5.41, 5.74) is 0.775. The lowest BCUT2D eigenvalue weighted by molar-refractivity contribution is -0.137. The largest absolute Gasteiger partial charge is 0.417 e. The monoisotopic (exact) mass is 255 g/mol. The summed E-state index contributed by atoms with van der Waals surface area (Å²) in [5.74, 6) is 0.341. The van der Waals surface area contributed by atoms with Crippen LogP contribution in [0.25, 0.3) is 11.0 Å².